The van der Waals surface area contributed by atoms with Crippen molar-refractivity contribution in [2.75, 3.05) is 46.0 Å². The molecule has 1 aromatic heterocycles. The van der Waals surface area contributed by atoms with Gasteiger partial charge in [-0.1, -0.05) is 0 Å². The van der Waals surface area contributed by atoms with E-state index in [2.05, 4.69) is 0 Å². The normalized spacial score (nSPS) is 17.4. The monoisotopic (exact) mass is 379 g/mol. The Morgan fingerprint density at radius 2 is 1.71 bits per heavy atom. The molecule has 0 radical (unpaired) electrons. The molecule has 1 saturated heterocycles. The first-order valence-corrected chi connectivity index (χ1v) is 10.4. The van der Waals surface area contributed by atoms with Crippen molar-refractivity contribution in [1.82, 2.24) is 13.5 Å². The lowest BCUT2D eigenvalue weighted by molar-refractivity contribution is 0.0660. The Morgan fingerprint density at radius 1 is 1.12 bits per heavy atom. The summed E-state index contributed by atoms with van der Waals surface area (Å²) < 4.78 is 55.1. The summed E-state index contributed by atoms with van der Waals surface area (Å²) in [6.07, 6.45) is 0. The van der Waals surface area contributed by atoms with Gasteiger partial charge < -0.3 is 9.32 Å². The second-order valence-corrected chi connectivity index (χ2v) is 9.84. The van der Waals surface area contributed by atoms with Crippen LogP contribution >= 0.6 is 0 Å². The molecule has 0 unspecified atom stereocenters. The first-order chi connectivity index (χ1) is 11.1. The van der Waals surface area contributed by atoms with Crippen LogP contribution in [0.1, 0.15) is 17.5 Å². The third-order valence-electron chi connectivity index (χ3n) is 3.81. The standard InChI is InChI=1S/C13H21N3O6S2/c1-4-23(18,19)16-9-7-15(8-10-16)13(17)11-5-6-12(22-11)24(20,21)14(2)3/h5-6H,4,7-10H2,1-3H3. The van der Waals surface area contributed by atoms with Gasteiger partial charge in [-0.05, 0) is 19.1 Å². The molecule has 0 saturated carbocycles. The van der Waals surface area contributed by atoms with Gasteiger partial charge in [-0.25, -0.2) is 21.1 Å². The van der Waals surface area contributed by atoms with E-state index < -0.39 is 26.0 Å². The predicted molar refractivity (Wildman–Crippen MR) is 86.5 cm³/mol. The maximum Gasteiger partial charge on any atom is 0.289 e. The molecule has 0 bridgehead atoms. The number of piperazine rings is 1. The number of rotatable bonds is 5. The molecule has 0 aliphatic carbocycles. The highest BCUT2D eigenvalue weighted by molar-refractivity contribution is 7.89. The van der Waals surface area contributed by atoms with Crippen molar-refractivity contribution in [1.29, 1.82) is 0 Å². The summed E-state index contributed by atoms with van der Waals surface area (Å²) in [6, 6.07) is 2.55. The van der Waals surface area contributed by atoms with Crippen molar-refractivity contribution >= 4 is 26.0 Å². The van der Waals surface area contributed by atoms with E-state index >= 15 is 0 Å². The average Bonchev–Trinajstić information content (AvgIpc) is 3.04. The second-order valence-electron chi connectivity index (χ2n) is 5.50. The van der Waals surface area contributed by atoms with E-state index in [0.29, 0.717) is 0 Å². The van der Waals surface area contributed by atoms with E-state index in [-0.39, 0.29) is 42.8 Å². The fourth-order valence-corrected chi connectivity index (χ4v) is 4.14. The third-order valence-corrected chi connectivity index (χ3v) is 7.38. The Hall–Kier alpha value is -1.43. The van der Waals surface area contributed by atoms with Gasteiger partial charge in [-0.3, -0.25) is 4.79 Å². The Morgan fingerprint density at radius 3 is 2.21 bits per heavy atom. The number of sulfonamides is 2. The average molecular weight is 379 g/mol. The van der Waals surface area contributed by atoms with Crippen LogP contribution in [-0.4, -0.2) is 82.3 Å². The highest BCUT2D eigenvalue weighted by atomic mass is 32.2. The molecule has 1 aromatic rings. The smallest absolute Gasteiger partial charge is 0.289 e. The first-order valence-electron chi connectivity index (χ1n) is 7.39. The molecule has 9 nitrogen and oxygen atoms in total. The zero-order valence-corrected chi connectivity index (χ0v) is 15.4. The molecule has 1 aliphatic heterocycles. The van der Waals surface area contributed by atoms with Gasteiger partial charge in [0.15, 0.2) is 5.76 Å². The van der Waals surface area contributed by atoms with Crippen LogP contribution in [0.2, 0.25) is 0 Å². The van der Waals surface area contributed by atoms with Crippen molar-refractivity contribution in [2.24, 2.45) is 0 Å². The van der Waals surface area contributed by atoms with Gasteiger partial charge in [0, 0.05) is 40.3 Å². The van der Waals surface area contributed by atoms with Gasteiger partial charge >= 0.3 is 0 Å². The topological polar surface area (TPSA) is 108 Å². The number of amides is 1. The molecule has 0 spiro atoms. The summed E-state index contributed by atoms with van der Waals surface area (Å²) in [6.45, 7) is 2.46. The number of carbonyl (C=O) groups excluding carboxylic acids is 1. The van der Waals surface area contributed by atoms with E-state index in [0.717, 1.165) is 4.31 Å². The summed E-state index contributed by atoms with van der Waals surface area (Å²) in [5, 5.41) is -0.303. The van der Waals surface area contributed by atoms with Gasteiger partial charge in [-0.15, -0.1) is 0 Å². The number of furan rings is 1. The predicted octanol–water partition coefficient (Wildman–Crippen LogP) is -0.363. The van der Waals surface area contributed by atoms with Crippen LogP contribution in [-0.2, 0) is 20.0 Å². The fraction of sp³-hybridized carbons (Fsp3) is 0.615. The summed E-state index contributed by atoms with van der Waals surface area (Å²) in [4.78, 5) is 13.8. The highest BCUT2D eigenvalue weighted by Crippen LogP contribution is 2.19. The SMILES string of the molecule is CCS(=O)(=O)N1CCN(C(=O)c2ccc(S(=O)(=O)N(C)C)o2)CC1. The quantitative estimate of drug-likeness (QED) is 0.691. The van der Waals surface area contributed by atoms with Crippen molar-refractivity contribution in [3.8, 4) is 0 Å². The van der Waals surface area contributed by atoms with Gasteiger partial charge in [-0.2, -0.15) is 4.31 Å². The molecular formula is C13H21N3O6S2. The lowest BCUT2D eigenvalue weighted by Crippen LogP contribution is -2.50. The minimum absolute atomic E-state index is 0.0187. The maximum absolute atomic E-state index is 12.4. The van der Waals surface area contributed by atoms with E-state index in [1.807, 2.05) is 0 Å². The molecule has 0 N–H and O–H groups in total. The van der Waals surface area contributed by atoms with Crippen LogP contribution in [0.4, 0.5) is 0 Å². The summed E-state index contributed by atoms with van der Waals surface area (Å²) >= 11 is 0. The first kappa shape index (κ1) is 18.9. The Kier molecular flexibility index (Phi) is 5.37. The van der Waals surface area contributed by atoms with E-state index in [1.54, 1.807) is 6.92 Å². The van der Waals surface area contributed by atoms with E-state index in [4.69, 9.17) is 4.42 Å². The lowest BCUT2D eigenvalue weighted by atomic mass is 10.3. The van der Waals surface area contributed by atoms with Crippen LogP contribution in [0.5, 0.6) is 0 Å². The van der Waals surface area contributed by atoms with Gasteiger partial charge in [0.2, 0.25) is 15.1 Å². The summed E-state index contributed by atoms with van der Waals surface area (Å²) in [7, 11) is -4.28. The zero-order chi connectivity index (χ0) is 18.1. The van der Waals surface area contributed by atoms with Crippen LogP contribution in [0, 0.1) is 0 Å². The summed E-state index contributed by atoms with van der Waals surface area (Å²) in [5.41, 5.74) is 0. The van der Waals surface area contributed by atoms with Crippen molar-refractivity contribution in [3.63, 3.8) is 0 Å². The van der Waals surface area contributed by atoms with Crippen LogP contribution in [0.25, 0.3) is 0 Å². The Bertz CT molecular complexity index is 805. The Balaban J connectivity index is 2.08. The lowest BCUT2D eigenvalue weighted by Gasteiger charge is -2.33. The van der Waals surface area contributed by atoms with Gasteiger partial charge in [0.25, 0.3) is 15.9 Å². The molecule has 136 valence electrons. The molecule has 1 fully saturated rings. The molecule has 2 heterocycles. The van der Waals surface area contributed by atoms with E-state index in [9.17, 15) is 21.6 Å². The fourth-order valence-electron chi connectivity index (χ4n) is 2.26. The molecule has 1 aliphatic rings. The minimum Gasteiger partial charge on any atom is -0.438 e. The van der Waals surface area contributed by atoms with Crippen molar-refractivity contribution < 1.29 is 26.0 Å². The number of hydrogen-bond acceptors (Lipinski definition) is 6. The second kappa shape index (κ2) is 6.82. The van der Waals surface area contributed by atoms with Crippen LogP contribution in [0.15, 0.2) is 21.6 Å². The van der Waals surface area contributed by atoms with Crippen LogP contribution < -0.4 is 0 Å². The largest absolute Gasteiger partial charge is 0.438 e. The van der Waals surface area contributed by atoms with E-state index in [1.165, 1.54) is 35.4 Å². The molecule has 0 aromatic carbocycles. The molecule has 1 amide bonds. The van der Waals surface area contributed by atoms with Gasteiger partial charge in [0.1, 0.15) is 0 Å². The molecule has 0 atom stereocenters. The van der Waals surface area contributed by atoms with Crippen molar-refractivity contribution in [3.05, 3.63) is 17.9 Å². The molecule has 11 heteroatoms. The Labute approximate surface area is 141 Å². The molecule has 24 heavy (non-hydrogen) atoms. The maximum atomic E-state index is 12.4. The third kappa shape index (κ3) is 3.63. The number of carbonyl (C=O) groups is 1. The summed E-state index contributed by atoms with van der Waals surface area (Å²) in [5.74, 6) is -0.517. The van der Waals surface area contributed by atoms with Crippen molar-refractivity contribution in [2.45, 2.75) is 12.0 Å². The van der Waals surface area contributed by atoms with Crippen LogP contribution in [0.3, 0.4) is 0 Å². The number of nitrogens with zero attached hydrogens (tertiary/aromatic N) is 3. The zero-order valence-electron chi connectivity index (χ0n) is 13.8. The highest BCUT2D eigenvalue weighted by Gasteiger charge is 2.30. The molecule has 2 rings (SSSR count). The minimum atomic E-state index is -3.74. The molecular weight excluding hydrogens is 358 g/mol. The number of hydrogen-bond donors (Lipinski definition) is 0. The van der Waals surface area contributed by atoms with Gasteiger partial charge in [0.05, 0.1) is 5.75 Å².